The van der Waals surface area contributed by atoms with Crippen LogP contribution < -0.4 is 10.4 Å². The van der Waals surface area contributed by atoms with Gasteiger partial charge in [0.2, 0.25) is 5.91 Å². The van der Waals surface area contributed by atoms with E-state index in [4.69, 9.17) is 0 Å². The van der Waals surface area contributed by atoms with E-state index in [1.165, 1.54) is 0 Å². The van der Waals surface area contributed by atoms with Crippen LogP contribution in [0.1, 0.15) is 6.42 Å². The maximum absolute atomic E-state index is 12.7. The molecule has 2 aliphatic rings. The van der Waals surface area contributed by atoms with Gasteiger partial charge in [0.05, 0.1) is 5.92 Å². The van der Waals surface area contributed by atoms with E-state index in [1.54, 1.807) is 0 Å². The molecule has 4 unspecified atom stereocenters. The molecule has 1 fully saturated rings. The lowest BCUT2D eigenvalue weighted by molar-refractivity contribution is -0.313. The Morgan fingerprint density at radius 1 is 0.957 bits per heavy atom. The van der Waals surface area contributed by atoms with E-state index < -0.39 is 17.8 Å². The van der Waals surface area contributed by atoms with Gasteiger partial charge >= 0.3 is 0 Å². The number of hydrogen-bond donors (Lipinski definition) is 1. The third-order valence-electron chi connectivity index (χ3n) is 5.08. The monoisotopic (exact) mass is 306 g/mol. The van der Waals surface area contributed by atoms with Crippen molar-refractivity contribution in [1.29, 1.82) is 0 Å². The topological polar surface area (TPSA) is 69.2 Å². The third-order valence-corrected chi connectivity index (χ3v) is 5.08. The number of nitrogens with one attached hydrogen (secondary N) is 1. The van der Waals surface area contributed by atoms with Gasteiger partial charge in [-0.15, -0.1) is 0 Å². The minimum atomic E-state index is -1.13. The fraction of sp³-hybridized carbons (Fsp3) is 0.263. The second-order valence-corrected chi connectivity index (χ2v) is 6.33. The molecule has 0 aliphatic heterocycles. The number of carboxylic acids is 1. The number of rotatable bonds is 3. The van der Waals surface area contributed by atoms with Crippen molar-refractivity contribution in [2.75, 3.05) is 5.32 Å². The first kappa shape index (κ1) is 14.0. The van der Waals surface area contributed by atoms with E-state index in [1.807, 2.05) is 54.6 Å². The zero-order chi connectivity index (χ0) is 16.0. The van der Waals surface area contributed by atoms with Crippen molar-refractivity contribution in [3.05, 3.63) is 54.6 Å². The van der Waals surface area contributed by atoms with Crippen molar-refractivity contribution in [2.45, 2.75) is 6.42 Å². The highest BCUT2D eigenvalue weighted by atomic mass is 16.4. The van der Waals surface area contributed by atoms with Crippen LogP contribution in [0.25, 0.3) is 10.8 Å². The molecule has 2 aromatic rings. The predicted octanol–water partition coefficient (Wildman–Crippen LogP) is 1.97. The lowest BCUT2D eigenvalue weighted by atomic mass is 9.82. The van der Waals surface area contributed by atoms with Gasteiger partial charge in [-0.1, -0.05) is 48.6 Å². The van der Waals surface area contributed by atoms with Crippen LogP contribution in [0.3, 0.4) is 0 Å². The molecule has 2 aliphatic carbocycles. The normalized spacial score (nSPS) is 28.2. The fourth-order valence-electron chi connectivity index (χ4n) is 4.05. The maximum atomic E-state index is 12.7. The Bertz CT molecular complexity index is 821. The average molecular weight is 306 g/mol. The molecule has 0 heterocycles. The number of aliphatic carboxylic acids is 1. The van der Waals surface area contributed by atoms with Gasteiger partial charge in [-0.05, 0) is 29.7 Å². The maximum Gasteiger partial charge on any atom is 0.228 e. The molecule has 0 radical (unpaired) electrons. The Morgan fingerprint density at radius 3 is 2.43 bits per heavy atom. The predicted molar refractivity (Wildman–Crippen MR) is 85.3 cm³/mol. The molecule has 0 spiro atoms. The van der Waals surface area contributed by atoms with Crippen LogP contribution in [0.2, 0.25) is 0 Å². The van der Waals surface area contributed by atoms with Gasteiger partial charge in [0, 0.05) is 23.0 Å². The number of benzene rings is 2. The molecule has 1 N–H and O–H groups in total. The quantitative estimate of drug-likeness (QED) is 0.881. The summed E-state index contributed by atoms with van der Waals surface area (Å²) in [5.41, 5.74) is 0.719. The number of carboxylic acid groups (broad SMARTS) is 1. The van der Waals surface area contributed by atoms with E-state index in [0.717, 1.165) is 22.9 Å². The smallest absolute Gasteiger partial charge is 0.228 e. The highest BCUT2D eigenvalue weighted by Gasteiger charge is 2.48. The molecule has 1 saturated carbocycles. The number of amides is 1. The van der Waals surface area contributed by atoms with Crippen LogP contribution in [0.4, 0.5) is 5.69 Å². The molecule has 4 atom stereocenters. The number of hydrogen-bond acceptors (Lipinski definition) is 3. The summed E-state index contributed by atoms with van der Waals surface area (Å²) < 4.78 is 0. The third kappa shape index (κ3) is 2.22. The molecular weight excluding hydrogens is 290 g/mol. The van der Waals surface area contributed by atoms with Crippen LogP contribution in [-0.4, -0.2) is 11.9 Å². The molecule has 1 amide bonds. The summed E-state index contributed by atoms with van der Waals surface area (Å²) in [7, 11) is 0. The van der Waals surface area contributed by atoms with Crippen molar-refractivity contribution in [3.63, 3.8) is 0 Å². The minimum absolute atomic E-state index is 0.00197. The van der Waals surface area contributed by atoms with E-state index in [2.05, 4.69) is 5.32 Å². The van der Waals surface area contributed by atoms with E-state index >= 15 is 0 Å². The van der Waals surface area contributed by atoms with Crippen LogP contribution in [0.15, 0.2) is 54.6 Å². The summed E-state index contributed by atoms with van der Waals surface area (Å²) in [5, 5.41) is 16.4. The van der Waals surface area contributed by atoms with Crippen LogP contribution >= 0.6 is 0 Å². The van der Waals surface area contributed by atoms with Gasteiger partial charge in [-0.2, -0.15) is 0 Å². The highest BCUT2D eigenvalue weighted by molar-refractivity contribution is 6.04. The lowest BCUT2D eigenvalue weighted by Crippen LogP contribution is -2.42. The van der Waals surface area contributed by atoms with Crippen molar-refractivity contribution in [3.8, 4) is 0 Å². The molecule has 2 bridgehead atoms. The second kappa shape index (κ2) is 5.23. The van der Waals surface area contributed by atoms with Crippen LogP contribution in [-0.2, 0) is 9.59 Å². The Kier molecular flexibility index (Phi) is 3.18. The first-order valence-electron chi connectivity index (χ1n) is 7.83. The van der Waals surface area contributed by atoms with Crippen LogP contribution in [0, 0.1) is 23.7 Å². The van der Waals surface area contributed by atoms with Crippen molar-refractivity contribution >= 4 is 28.3 Å². The standard InChI is InChI=1S/C19H17NO3/c21-18(16-12-8-9-13(10-12)17(16)19(22)23)20-15-7-3-5-11-4-1-2-6-14(11)15/h1-9,12-13,16-17H,10H2,(H,20,21)(H,22,23)/p-1. The van der Waals surface area contributed by atoms with Gasteiger partial charge in [0.1, 0.15) is 0 Å². The molecule has 0 aromatic heterocycles. The van der Waals surface area contributed by atoms with Crippen LogP contribution in [0.5, 0.6) is 0 Å². The molecule has 4 heteroatoms. The number of fused-ring (bicyclic) bond motifs is 3. The highest BCUT2D eigenvalue weighted by Crippen LogP contribution is 2.48. The van der Waals surface area contributed by atoms with E-state index in [9.17, 15) is 14.7 Å². The zero-order valence-corrected chi connectivity index (χ0v) is 12.4. The first-order chi connectivity index (χ1) is 11.1. The van der Waals surface area contributed by atoms with E-state index in [0.29, 0.717) is 0 Å². The van der Waals surface area contributed by atoms with Gasteiger partial charge < -0.3 is 15.2 Å². The van der Waals surface area contributed by atoms with Crippen molar-refractivity contribution < 1.29 is 14.7 Å². The van der Waals surface area contributed by atoms with Gasteiger partial charge in [0.25, 0.3) is 0 Å². The molecule has 0 saturated heterocycles. The minimum Gasteiger partial charge on any atom is -0.550 e. The molecule has 116 valence electrons. The Balaban J connectivity index is 1.65. The number of anilines is 1. The Morgan fingerprint density at radius 2 is 1.65 bits per heavy atom. The number of carbonyl (C=O) groups excluding carboxylic acids is 2. The molecule has 23 heavy (non-hydrogen) atoms. The zero-order valence-electron chi connectivity index (χ0n) is 12.4. The van der Waals surface area contributed by atoms with Crippen molar-refractivity contribution in [1.82, 2.24) is 0 Å². The van der Waals surface area contributed by atoms with E-state index in [-0.39, 0.29) is 17.7 Å². The summed E-state index contributed by atoms with van der Waals surface area (Å²) in [4.78, 5) is 24.2. The van der Waals surface area contributed by atoms with Gasteiger partial charge in [0.15, 0.2) is 0 Å². The lowest BCUT2D eigenvalue weighted by Gasteiger charge is -2.28. The molecule has 4 rings (SSSR count). The number of carbonyl (C=O) groups is 2. The SMILES string of the molecule is O=C([O-])C1C2C=CC(C2)C1C(=O)Nc1cccc2ccccc12. The summed E-state index contributed by atoms with van der Waals surface area (Å²) in [6.07, 6.45) is 4.61. The molecule has 2 aromatic carbocycles. The molecule has 4 nitrogen and oxygen atoms in total. The summed E-state index contributed by atoms with van der Waals surface area (Å²) >= 11 is 0. The van der Waals surface area contributed by atoms with Gasteiger partial charge in [-0.3, -0.25) is 4.79 Å². The van der Waals surface area contributed by atoms with Crippen molar-refractivity contribution in [2.24, 2.45) is 23.7 Å². The fourth-order valence-corrected chi connectivity index (χ4v) is 4.05. The number of allylic oxidation sites excluding steroid dienone is 2. The molecular formula is C19H16NO3-. The summed E-state index contributed by atoms with van der Waals surface area (Å²) in [5.74, 6) is -2.70. The average Bonchev–Trinajstić information content (AvgIpc) is 3.16. The summed E-state index contributed by atoms with van der Waals surface area (Å²) in [6, 6.07) is 13.5. The first-order valence-corrected chi connectivity index (χ1v) is 7.83. The van der Waals surface area contributed by atoms with Gasteiger partial charge in [-0.25, -0.2) is 0 Å². The summed E-state index contributed by atoms with van der Waals surface area (Å²) in [6.45, 7) is 0. The Hall–Kier alpha value is -2.62. The second-order valence-electron chi connectivity index (χ2n) is 6.33. The Labute approximate surface area is 133 Å². The largest absolute Gasteiger partial charge is 0.550 e.